The van der Waals surface area contributed by atoms with Gasteiger partial charge in [-0.2, -0.15) is 30.7 Å². The van der Waals surface area contributed by atoms with Crippen molar-refractivity contribution in [3.8, 4) is 0 Å². The van der Waals surface area contributed by atoms with Gasteiger partial charge in [0.05, 0.1) is 17.8 Å². The number of benzene rings is 2. The highest BCUT2D eigenvalue weighted by Crippen LogP contribution is 2.53. The zero-order valence-corrected chi connectivity index (χ0v) is 16.6. The van der Waals surface area contributed by atoms with Crippen LogP contribution in [0.2, 0.25) is 0 Å². The molecular weight excluding hydrogens is 467 g/mol. The van der Waals surface area contributed by atoms with E-state index >= 15 is 0 Å². The fraction of sp³-hybridized carbons (Fsp3) is 0.263. The predicted molar refractivity (Wildman–Crippen MR) is 104 cm³/mol. The number of anilines is 3. The number of hydrogen-bond acceptors (Lipinski definition) is 4. The Morgan fingerprint density at radius 3 is 2.12 bits per heavy atom. The van der Waals surface area contributed by atoms with Crippen LogP contribution in [0.5, 0.6) is 0 Å². The number of amides is 2. The number of fused-ring (bicyclic) bond motifs is 1. The first-order chi connectivity index (χ1) is 14.8. The maximum Gasteiger partial charge on any atom is 0.460 e. The molecule has 1 heterocycles. The molecule has 0 saturated carbocycles. The molecule has 0 bridgehead atoms. The summed E-state index contributed by atoms with van der Waals surface area (Å²) in [6.07, 6.45) is -6.70. The van der Waals surface area contributed by atoms with Gasteiger partial charge in [0.15, 0.2) is 0 Å². The lowest BCUT2D eigenvalue weighted by Gasteiger charge is -2.27. The van der Waals surface area contributed by atoms with Crippen LogP contribution in [-0.4, -0.2) is 35.2 Å². The molecule has 5 nitrogen and oxygen atoms in total. The fourth-order valence-corrected chi connectivity index (χ4v) is 3.53. The zero-order chi connectivity index (χ0) is 23.7. The van der Waals surface area contributed by atoms with Gasteiger partial charge in [-0.25, -0.2) is 0 Å². The number of nitrogens with one attached hydrogen (secondary N) is 3. The van der Waals surface area contributed by atoms with Gasteiger partial charge in [-0.1, -0.05) is 12.1 Å². The highest BCUT2D eigenvalue weighted by Gasteiger charge is 2.73. The Kier molecular flexibility index (Phi) is 6.31. The second-order valence-corrected chi connectivity index (χ2v) is 7.89. The smallest absolute Gasteiger partial charge is 0.372 e. The Morgan fingerprint density at radius 1 is 0.938 bits per heavy atom. The highest BCUT2D eigenvalue weighted by atomic mass is 32.2. The van der Waals surface area contributed by atoms with Crippen molar-refractivity contribution < 1.29 is 40.3 Å². The summed E-state index contributed by atoms with van der Waals surface area (Å²) < 4.78 is 89.6. The zero-order valence-electron chi connectivity index (χ0n) is 15.8. The number of carbonyl (C=O) groups is 2. The van der Waals surface area contributed by atoms with E-state index in [0.717, 1.165) is 24.3 Å². The Bertz CT molecular complexity index is 1010. The molecule has 3 rings (SSSR count). The van der Waals surface area contributed by atoms with Gasteiger partial charge in [0.2, 0.25) is 11.8 Å². The maximum absolute atomic E-state index is 13.5. The molecule has 1 aliphatic heterocycles. The molecule has 2 aromatic carbocycles. The first kappa shape index (κ1) is 23.7. The Morgan fingerprint density at radius 2 is 1.53 bits per heavy atom. The summed E-state index contributed by atoms with van der Waals surface area (Å²) in [6, 6.07) is 9.79. The van der Waals surface area contributed by atoms with E-state index in [1.165, 1.54) is 0 Å². The van der Waals surface area contributed by atoms with Crippen LogP contribution < -0.4 is 16.0 Å². The number of rotatable bonds is 6. The Hall–Kier alpha value is -2.96. The van der Waals surface area contributed by atoms with Gasteiger partial charge >= 0.3 is 17.4 Å². The average molecular weight is 481 g/mol. The van der Waals surface area contributed by atoms with Gasteiger partial charge in [-0.15, -0.1) is 0 Å². The summed E-state index contributed by atoms with van der Waals surface area (Å²) in [5.74, 6) is -7.30. The topological polar surface area (TPSA) is 70.2 Å². The van der Waals surface area contributed by atoms with E-state index in [9.17, 15) is 40.3 Å². The molecule has 2 amide bonds. The van der Waals surface area contributed by atoms with Crippen LogP contribution in [-0.2, 0) is 9.59 Å². The Balaban J connectivity index is 1.60. The van der Waals surface area contributed by atoms with Gasteiger partial charge in [-0.05, 0) is 48.2 Å². The highest BCUT2D eigenvalue weighted by molar-refractivity contribution is 8.00. The normalized spacial score (nSPS) is 16.6. The molecule has 0 radical (unpaired) electrons. The summed E-state index contributed by atoms with van der Waals surface area (Å²) in [5, 5.41) is 2.49. The summed E-state index contributed by atoms with van der Waals surface area (Å²) >= 11 is -0.949. The number of hydrogen-bond donors (Lipinski definition) is 3. The van der Waals surface area contributed by atoms with Gasteiger partial charge in [0.25, 0.3) is 0 Å². The van der Waals surface area contributed by atoms with Crippen LogP contribution >= 0.6 is 11.8 Å². The molecule has 13 heteroatoms. The van der Waals surface area contributed by atoms with Crippen LogP contribution in [0.1, 0.15) is 6.42 Å². The third kappa shape index (κ3) is 4.92. The predicted octanol–water partition coefficient (Wildman–Crippen LogP) is 5.33. The van der Waals surface area contributed by atoms with Gasteiger partial charge in [0, 0.05) is 10.6 Å². The number of thioether (sulfide) groups is 1. The molecule has 3 N–H and O–H groups in total. The summed E-state index contributed by atoms with van der Waals surface area (Å²) in [6.45, 7) is 0. The van der Waals surface area contributed by atoms with E-state index in [-0.39, 0.29) is 12.1 Å². The van der Waals surface area contributed by atoms with Crippen molar-refractivity contribution in [1.29, 1.82) is 0 Å². The molecule has 1 aliphatic rings. The van der Waals surface area contributed by atoms with Gasteiger partial charge < -0.3 is 16.0 Å². The molecule has 2 aromatic rings. The summed E-state index contributed by atoms with van der Waals surface area (Å²) in [4.78, 5) is 23.8. The largest absolute Gasteiger partial charge is 0.460 e. The first-order valence-corrected chi connectivity index (χ1v) is 9.69. The van der Waals surface area contributed by atoms with Crippen molar-refractivity contribution in [2.75, 3.05) is 16.0 Å². The molecule has 0 aliphatic carbocycles. The third-order valence-corrected chi connectivity index (χ3v) is 5.35. The standard InChI is InChI=1S/C19H14F7N3O2S/c20-17(21,18(22,23)24)19(25,26)32-11-7-5-10(6-8-11)27-15(30)9-14-16(31)29-13-4-2-1-3-12(13)28-14/h1-8,14,28H,9H2,(H,27,30)(H,29,31)/t14-/m0/s1. The van der Waals surface area contributed by atoms with Crippen LogP contribution in [0.15, 0.2) is 53.4 Å². The second kappa shape index (κ2) is 8.52. The van der Waals surface area contributed by atoms with Gasteiger partial charge in [-0.3, -0.25) is 9.59 Å². The quantitative estimate of drug-likeness (QED) is 0.385. The number of alkyl halides is 7. The van der Waals surface area contributed by atoms with Crippen molar-refractivity contribution in [2.45, 2.75) is 34.7 Å². The van der Waals surface area contributed by atoms with E-state index in [2.05, 4.69) is 16.0 Å². The lowest BCUT2D eigenvalue weighted by Crippen LogP contribution is -2.49. The minimum atomic E-state index is -6.42. The lowest BCUT2D eigenvalue weighted by atomic mass is 10.1. The van der Waals surface area contributed by atoms with Crippen LogP contribution in [0.25, 0.3) is 0 Å². The van der Waals surface area contributed by atoms with Gasteiger partial charge in [0.1, 0.15) is 6.04 Å². The second-order valence-electron chi connectivity index (χ2n) is 6.70. The molecule has 0 unspecified atom stereocenters. The van der Waals surface area contributed by atoms with E-state index in [4.69, 9.17) is 0 Å². The molecule has 0 spiro atoms. The van der Waals surface area contributed by atoms with Crippen LogP contribution in [0, 0.1) is 0 Å². The van der Waals surface area contributed by atoms with Crippen molar-refractivity contribution >= 4 is 40.6 Å². The molecule has 0 saturated heterocycles. The van der Waals surface area contributed by atoms with E-state index < -0.39 is 51.9 Å². The molecule has 0 fully saturated rings. The number of halogens is 7. The van der Waals surface area contributed by atoms with Crippen LogP contribution in [0.4, 0.5) is 47.8 Å². The SMILES string of the molecule is O=C(C[C@@H]1Nc2ccccc2NC1=O)Nc1ccc(SC(F)(F)C(F)(F)C(F)(F)F)cc1. The van der Waals surface area contributed by atoms with Crippen molar-refractivity contribution in [1.82, 2.24) is 0 Å². The molecule has 0 aromatic heterocycles. The number of para-hydroxylation sites is 2. The molecular formula is C19H14F7N3O2S. The Labute approximate surface area is 180 Å². The minimum Gasteiger partial charge on any atom is -0.372 e. The van der Waals surface area contributed by atoms with E-state index in [1.54, 1.807) is 24.3 Å². The van der Waals surface area contributed by atoms with Crippen molar-refractivity contribution in [3.05, 3.63) is 48.5 Å². The molecule has 1 atom stereocenters. The fourth-order valence-electron chi connectivity index (χ4n) is 2.72. The maximum atomic E-state index is 13.5. The summed E-state index contributed by atoms with van der Waals surface area (Å²) in [5.41, 5.74) is 1.24. The monoisotopic (exact) mass is 481 g/mol. The number of carbonyl (C=O) groups excluding carboxylic acids is 2. The van der Waals surface area contributed by atoms with E-state index in [0.29, 0.717) is 11.4 Å². The molecule has 32 heavy (non-hydrogen) atoms. The third-order valence-electron chi connectivity index (χ3n) is 4.33. The van der Waals surface area contributed by atoms with Crippen LogP contribution in [0.3, 0.4) is 0 Å². The lowest BCUT2D eigenvalue weighted by molar-refractivity contribution is -0.330. The van der Waals surface area contributed by atoms with E-state index in [1.807, 2.05) is 0 Å². The first-order valence-electron chi connectivity index (χ1n) is 8.88. The van der Waals surface area contributed by atoms with Crippen molar-refractivity contribution in [3.63, 3.8) is 0 Å². The van der Waals surface area contributed by atoms with Crippen molar-refractivity contribution in [2.24, 2.45) is 0 Å². The molecule has 172 valence electrons. The minimum absolute atomic E-state index is 0.0712. The average Bonchev–Trinajstić information content (AvgIpc) is 2.69. The summed E-state index contributed by atoms with van der Waals surface area (Å²) in [7, 11) is 0.